The number of carboxylic acid groups (broad SMARTS) is 1. The van der Waals surface area contributed by atoms with Crippen molar-refractivity contribution in [3.63, 3.8) is 0 Å². The normalized spacial score (nSPS) is 16.7. The first-order valence-corrected chi connectivity index (χ1v) is 26.0. The van der Waals surface area contributed by atoms with Gasteiger partial charge in [-0.15, -0.1) is 23.7 Å². The van der Waals surface area contributed by atoms with Crippen LogP contribution in [0.1, 0.15) is 127 Å². The van der Waals surface area contributed by atoms with E-state index in [9.17, 15) is 33.9 Å². The number of hydrogen-bond donors (Lipinski definition) is 5. The Kier molecular flexibility index (Phi) is 23.0. The van der Waals surface area contributed by atoms with Crippen LogP contribution < -0.4 is 20.7 Å². The molecule has 1 aromatic heterocycles. The van der Waals surface area contributed by atoms with Crippen LogP contribution in [0, 0.1) is 29.6 Å². The van der Waals surface area contributed by atoms with E-state index in [1.54, 1.807) is 43.5 Å². The number of esters is 1. The number of halogens is 1. The van der Waals surface area contributed by atoms with Crippen molar-refractivity contribution in [3.8, 4) is 12.3 Å². The molecule has 2 aromatic rings. The third kappa shape index (κ3) is 17.2. The van der Waals surface area contributed by atoms with E-state index in [1.165, 1.54) is 21.1 Å². The summed E-state index contributed by atoms with van der Waals surface area (Å²) in [5.41, 5.74) is 0.240. The Hall–Kier alpha value is -3.81. The van der Waals surface area contributed by atoms with Gasteiger partial charge in [0.05, 0.1) is 30.7 Å². The highest BCUT2D eigenvalue weighted by Gasteiger charge is 2.40. The summed E-state index contributed by atoms with van der Waals surface area (Å²) >= 11 is 3.15. The standard InChI is InChI=1S/C45H66IN7O9S2/c1-10-12-15-22-61-53(43(58)39(29(5)11-2)51-41(57)35-16-13-14-21-52(35)9)36(28(3)4)24-37(62-30(6)54)42-50-34(27-63-42)40(56)49-33(25-45(7,8)44(59)60)23-31-17-19-32(20-18-31)48-38(55)26-47-64-46/h1,17-20,27-29,33,35-37,39,47H,11-16,21-26H2,2-9H3,(H,48,55)(H,49,56)(H,51,57)(H,59,60)/t29-,33-,35+,36+,37+,39-/m0/s1. The van der Waals surface area contributed by atoms with Crippen LogP contribution in [0.2, 0.25) is 0 Å². The number of amides is 4. The molecule has 0 unspecified atom stereocenters. The SMILES string of the molecule is C#CCCCON(C(=O)[C@@H](NC(=O)[C@H]1CCCCN1C)[C@@H](C)CC)[C@H](C[C@@H](OC(C)=O)c1nc(C(=O)N[C@@H](Cc2ccc(NC(=O)CNSI)cc2)CC(C)(C)C(=O)O)cs1)C(C)C. The molecule has 0 saturated carbocycles. The minimum Gasteiger partial charge on any atom is -0.481 e. The summed E-state index contributed by atoms with van der Waals surface area (Å²) in [6.07, 6.45) is 9.07. The summed E-state index contributed by atoms with van der Waals surface area (Å²) in [5.74, 6) is -0.920. The summed E-state index contributed by atoms with van der Waals surface area (Å²) in [6.45, 7) is 13.2. The quantitative estimate of drug-likeness (QED) is 0.0166. The molecule has 0 aliphatic carbocycles. The minimum atomic E-state index is -1.19. The maximum absolute atomic E-state index is 14.8. The van der Waals surface area contributed by atoms with Crippen LogP contribution in [0.3, 0.4) is 0 Å². The molecule has 0 spiro atoms. The van der Waals surface area contributed by atoms with Gasteiger partial charge in [-0.25, -0.2) is 14.8 Å². The molecule has 4 amide bonds. The number of unbranched alkanes of at least 4 members (excludes halogenated alkanes) is 1. The summed E-state index contributed by atoms with van der Waals surface area (Å²) in [4.78, 5) is 92.3. The molecule has 1 aliphatic rings. The number of aromatic nitrogens is 1. The third-order valence-corrected chi connectivity index (χ3v) is 13.4. The number of likely N-dealkylation sites (N-methyl/N-ethyl adjacent to an activating group) is 1. The van der Waals surface area contributed by atoms with Gasteiger partial charge < -0.3 is 25.8 Å². The Labute approximate surface area is 398 Å². The fourth-order valence-electron chi connectivity index (χ4n) is 7.38. The molecule has 5 N–H and O–H groups in total. The Morgan fingerprint density at radius 2 is 1.83 bits per heavy atom. The van der Waals surface area contributed by atoms with Crippen molar-refractivity contribution in [3.05, 3.63) is 45.9 Å². The average Bonchev–Trinajstić information content (AvgIpc) is 3.74. The lowest BCUT2D eigenvalue weighted by Gasteiger charge is -2.39. The van der Waals surface area contributed by atoms with E-state index < -0.39 is 53.4 Å². The number of rotatable bonds is 26. The van der Waals surface area contributed by atoms with Crippen molar-refractivity contribution in [2.24, 2.45) is 17.3 Å². The zero-order valence-electron chi connectivity index (χ0n) is 38.2. The number of benzene rings is 1. The number of aliphatic carboxylic acids is 1. The Morgan fingerprint density at radius 3 is 2.42 bits per heavy atom. The number of nitrogens with one attached hydrogen (secondary N) is 4. The summed E-state index contributed by atoms with van der Waals surface area (Å²) in [5, 5.41) is 22.0. The topological polar surface area (TPSA) is 209 Å². The second-order valence-electron chi connectivity index (χ2n) is 17.3. The lowest BCUT2D eigenvalue weighted by atomic mass is 9.84. The van der Waals surface area contributed by atoms with Crippen LogP contribution >= 0.6 is 41.7 Å². The number of carbonyl (C=O) groups is 6. The van der Waals surface area contributed by atoms with Gasteiger partial charge in [-0.1, -0.05) is 52.7 Å². The van der Waals surface area contributed by atoms with Crippen molar-refractivity contribution >= 4 is 82.9 Å². The molecule has 16 nitrogen and oxygen atoms in total. The lowest BCUT2D eigenvalue weighted by molar-refractivity contribution is -0.213. The molecular formula is C45H66IN7O9S2. The van der Waals surface area contributed by atoms with E-state index in [0.717, 1.165) is 36.3 Å². The van der Waals surface area contributed by atoms with Crippen LogP contribution in [0.15, 0.2) is 29.6 Å². The number of nitrogens with zero attached hydrogens (tertiary/aromatic N) is 3. The monoisotopic (exact) mass is 1040 g/mol. The number of likely N-dealkylation sites (tertiary alicyclic amines) is 1. The predicted octanol–water partition coefficient (Wildman–Crippen LogP) is 6.72. The number of ether oxygens (including phenoxy) is 1. The fourth-order valence-corrected chi connectivity index (χ4v) is 8.87. The number of thiazole rings is 1. The number of anilines is 1. The zero-order valence-corrected chi connectivity index (χ0v) is 42.0. The first-order valence-electron chi connectivity index (χ1n) is 21.8. The van der Waals surface area contributed by atoms with Gasteiger partial charge in [0.15, 0.2) is 6.10 Å². The maximum atomic E-state index is 14.8. The molecule has 19 heteroatoms. The van der Waals surface area contributed by atoms with Gasteiger partial charge in [-0.3, -0.25) is 38.5 Å². The van der Waals surface area contributed by atoms with E-state index in [0.29, 0.717) is 36.4 Å². The maximum Gasteiger partial charge on any atom is 0.309 e. The molecular weight excluding hydrogens is 974 g/mol. The lowest BCUT2D eigenvalue weighted by Crippen LogP contribution is -2.58. The van der Waals surface area contributed by atoms with Crippen molar-refractivity contribution < 1.29 is 43.4 Å². The van der Waals surface area contributed by atoms with E-state index in [-0.39, 0.29) is 67.8 Å². The summed E-state index contributed by atoms with van der Waals surface area (Å²) in [6, 6.07) is 4.51. The fraction of sp³-hybridized carbons (Fsp3) is 0.622. The van der Waals surface area contributed by atoms with E-state index in [1.807, 2.05) is 60.8 Å². The Bertz CT molecular complexity index is 1910. The number of hydroxylamine groups is 2. The van der Waals surface area contributed by atoms with Crippen LogP contribution in [0.5, 0.6) is 0 Å². The van der Waals surface area contributed by atoms with Gasteiger partial charge in [0.25, 0.3) is 11.8 Å². The number of piperidine rings is 1. The first kappa shape index (κ1) is 54.5. The molecule has 0 radical (unpaired) electrons. The molecule has 1 aliphatic heterocycles. The number of carboxylic acids is 1. The van der Waals surface area contributed by atoms with Crippen molar-refractivity contribution in [1.29, 1.82) is 0 Å². The highest BCUT2D eigenvalue weighted by molar-refractivity contribution is 14.2. The largest absolute Gasteiger partial charge is 0.481 e. The zero-order chi connectivity index (χ0) is 47.6. The first-order chi connectivity index (χ1) is 30.3. The molecule has 3 rings (SSSR count). The van der Waals surface area contributed by atoms with Crippen LogP contribution in [0.25, 0.3) is 0 Å². The number of terminal acetylenes is 1. The second kappa shape index (κ2) is 27.0. The Morgan fingerprint density at radius 1 is 1.12 bits per heavy atom. The minimum absolute atomic E-state index is 0.0402. The molecule has 0 bridgehead atoms. The van der Waals surface area contributed by atoms with Gasteiger partial charge >= 0.3 is 11.9 Å². The van der Waals surface area contributed by atoms with Gasteiger partial charge in [0.1, 0.15) is 16.7 Å². The average molecular weight is 1040 g/mol. The van der Waals surface area contributed by atoms with Crippen LogP contribution in [-0.4, -0.2) is 107 Å². The number of carbonyl (C=O) groups excluding carboxylic acids is 5. The van der Waals surface area contributed by atoms with E-state index in [4.69, 9.17) is 16.0 Å². The summed E-state index contributed by atoms with van der Waals surface area (Å²) < 4.78 is 8.74. The predicted molar refractivity (Wildman–Crippen MR) is 258 cm³/mol. The van der Waals surface area contributed by atoms with E-state index in [2.05, 4.69) is 31.6 Å². The highest BCUT2D eigenvalue weighted by atomic mass is 127. The molecule has 1 aromatic carbocycles. The molecule has 1 saturated heterocycles. The van der Waals surface area contributed by atoms with Gasteiger partial charge in [-0.2, -0.15) is 0 Å². The second-order valence-corrected chi connectivity index (χ2v) is 19.9. The van der Waals surface area contributed by atoms with Gasteiger partial charge in [0, 0.05) is 58.1 Å². The smallest absolute Gasteiger partial charge is 0.309 e. The van der Waals surface area contributed by atoms with E-state index >= 15 is 0 Å². The third-order valence-electron chi connectivity index (χ3n) is 11.3. The summed E-state index contributed by atoms with van der Waals surface area (Å²) in [7, 11) is 3.22. The molecule has 6 atom stereocenters. The van der Waals surface area contributed by atoms with Crippen molar-refractivity contribution in [1.82, 2.24) is 30.3 Å². The molecule has 64 heavy (non-hydrogen) atoms. The van der Waals surface area contributed by atoms with Crippen LogP contribution in [-0.2, 0) is 40.0 Å². The van der Waals surface area contributed by atoms with Crippen molar-refractivity contribution in [2.45, 2.75) is 137 Å². The van der Waals surface area contributed by atoms with Crippen molar-refractivity contribution in [2.75, 3.05) is 32.1 Å². The Balaban J connectivity index is 1.92. The van der Waals surface area contributed by atoms with Crippen LogP contribution in [0.4, 0.5) is 5.69 Å². The molecule has 1 fully saturated rings. The number of hydrogen-bond acceptors (Lipinski definition) is 13. The molecule has 354 valence electrons. The highest BCUT2D eigenvalue weighted by Crippen LogP contribution is 2.32. The van der Waals surface area contributed by atoms with Gasteiger partial charge in [0.2, 0.25) is 11.8 Å². The molecule has 2 heterocycles. The van der Waals surface area contributed by atoms with Gasteiger partial charge in [-0.05, 0) is 98.2 Å².